The van der Waals surface area contributed by atoms with Gasteiger partial charge in [-0.25, -0.2) is 0 Å². The average Bonchev–Trinajstić information content (AvgIpc) is 3.54. The summed E-state index contributed by atoms with van der Waals surface area (Å²) in [5.74, 6) is 0. The van der Waals surface area contributed by atoms with Crippen LogP contribution in [0.1, 0.15) is 49.9 Å². The largest absolute Gasteiger partial charge is 0.0616 e. The van der Waals surface area contributed by atoms with Crippen molar-refractivity contribution in [2.45, 2.75) is 38.5 Å². The van der Waals surface area contributed by atoms with Crippen LogP contribution in [0.4, 0.5) is 0 Å². The highest BCUT2D eigenvalue weighted by Crippen LogP contribution is 2.60. The van der Waals surface area contributed by atoms with E-state index in [9.17, 15) is 0 Å². The molecule has 0 heteroatoms. The first-order chi connectivity index (χ1) is 25.3. The van der Waals surface area contributed by atoms with Crippen LogP contribution in [0.3, 0.4) is 0 Å². The summed E-state index contributed by atoms with van der Waals surface area (Å²) in [6.45, 7) is 9.77. The molecule has 0 N–H and O–H groups in total. The van der Waals surface area contributed by atoms with Crippen molar-refractivity contribution in [3.8, 4) is 44.5 Å². The molecule has 0 unspecified atom stereocenters. The van der Waals surface area contributed by atoms with Gasteiger partial charge in [0.1, 0.15) is 0 Å². The zero-order valence-corrected chi connectivity index (χ0v) is 30.0. The van der Waals surface area contributed by atoms with Crippen LogP contribution in [-0.2, 0) is 10.8 Å². The fourth-order valence-electron chi connectivity index (χ4n) is 10.2. The Bertz CT molecular complexity index is 2790. The predicted molar refractivity (Wildman–Crippen MR) is 222 cm³/mol. The molecule has 0 heterocycles. The quantitative estimate of drug-likeness (QED) is 0.173. The minimum Gasteiger partial charge on any atom is -0.0616 e. The van der Waals surface area contributed by atoms with Gasteiger partial charge in [-0.1, -0.05) is 161 Å². The fraction of sp³-hybridized carbons (Fsp3) is 0.115. The molecular formula is C52H38. The molecule has 0 radical (unpaired) electrons. The van der Waals surface area contributed by atoms with Gasteiger partial charge < -0.3 is 0 Å². The van der Waals surface area contributed by atoms with Gasteiger partial charge in [0.05, 0.1) is 0 Å². The van der Waals surface area contributed by atoms with Gasteiger partial charge >= 0.3 is 0 Å². The Balaban J connectivity index is 1.20. The van der Waals surface area contributed by atoms with E-state index in [-0.39, 0.29) is 10.8 Å². The molecule has 9 aromatic rings. The number of benzene rings is 9. The lowest BCUT2D eigenvalue weighted by Gasteiger charge is -2.25. The number of rotatable bonds is 2. The van der Waals surface area contributed by atoms with E-state index in [1.54, 1.807) is 0 Å². The van der Waals surface area contributed by atoms with E-state index in [4.69, 9.17) is 0 Å². The zero-order valence-electron chi connectivity index (χ0n) is 30.0. The lowest BCUT2D eigenvalue weighted by molar-refractivity contribution is 0.657. The molecule has 0 aliphatic heterocycles. The van der Waals surface area contributed by atoms with Crippen LogP contribution in [-0.4, -0.2) is 0 Å². The second kappa shape index (κ2) is 10.3. The van der Waals surface area contributed by atoms with E-state index in [1.165, 1.54) is 110 Å². The van der Waals surface area contributed by atoms with Gasteiger partial charge in [0.2, 0.25) is 0 Å². The van der Waals surface area contributed by atoms with Gasteiger partial charge in [-0.15, -0.1) is 0 Å². The van der Waals surface area contributed by atoms with Gasteiger partial charge in [-0.2, -0.15) is 0 Å². The third-order valence-electron chi connectivity index (χ3n) is 12.6. The van der Waals surface area contributed by atoms with Gasteiger partial charge in [0.15, 0.2) is 0 Å². The van der Waals surface area contributed by atoms with Crippen LogP contribution in [0.15, 0.2) is 158 Å². The zero-order chi connectivity index (χ0) is 34.9. The van der Waals surface area contributed by atoms with E-state index < -0.39 is 0 Å². The summed E-state index contributed by atoms with van der Waals surface area (Å²) in [7, 11) is 0. The van der Waals surface area contributed by atoms with Crippen LogP contribution in [0.5, 0.6) is 0 Å². The molecule has 0 saturated carbocycles. The fourth-order valence-corrected chi connectivity index (χ4v) is 10.2. The van der Waals surface area contributed by atoms with Crippen LogP contribution in [0.25, 0.3) is 87.6 Å². The molecule has 0 amide bonds. The van der Waals surface area contributed by atoms with Crippen molar-refractivity contribution in [2.75, 3.05) is 0 Å². The molecule has 246 valence electrons. The first-order valence-electron chi connectivity index (χ1n) is 18.6. The lowest BCUT2D eigenvalue weighted by Crippen LogP contribution is -2.17. The maximum absolute atomic E-state index is 2.58. The van der Waals surface area contributed by atoms with Crippen molar-refractivity contribution in [1.29, 1.82) is 0 Å². The molecule has 52 heavy (non-hydrogen) atoms. The molecule has 0 bridgehead atoms. The number of hydrogen-bond acceptors (Lipinski definition) is 0. The number of hydrogen-bond donors (Lipinski definition) is 0. The highest BCUT2D eigenvalue weighted by atomic mass is 14.5. The average molecular weight is 663 g/mol. The van der Waals surface area contributed by atoms with E-state index in [0.29, 0.717) is 0 Å². The first kappa shape index (κ1) is 29.7. The standard InChI is InChI=1S/C52H38/c1-51(2)47-29-44-46-28-42(36-26-14-18-32-16-6-8-20-34(32)36)38-22-10-12-24-40(38)50(46)52(3,4)48(44)30-43(47)45-27-41(37-21-9-11-23-39(37)49(45)51)35-25-13-17-31-15-5-7-19-33(31)35/h5-30H,1-4H3. The molecule has 0 aromatic heterocycles. The van der Waals surface area contributed by atoms with E-state index in [0.717, 1.165) is 0 Å². The molecule has 0 nitrogen and oxygen atoms in total. The van der Waals surface area contributed by atoms with Gasteiger partial charge in [-0.05, 0) is 134 Å². The second-order valence-corrected chi connectivity index (χ2v) is 16.0. The summed E-state index contributed by atoms with van der Waals surface area (Å²) in [4.78, 5) is 0. The summed E-state index contributed by atoms with van der Waals surface area (Å²) in [6.07, 6.45) is 0. The summed E-state index contributed by atoms with van der Waals surface area (Å²) >= 11 is 0. The van der Waals surface area contributed by atoms with Crippen molar-refractivity contribution in [3.05, 3.63) is 180 Å². The third kappa shape index (κ3) is 3.82. The molecule has 0 spiro atoms. The van der Waals surface area contributed by atoms with Crippen LogP contribution < -0.4 is 0 Å². The van der Waals surface area contributed by atoms with E-state index in [1.807, 2.05) is 0 Å². The molecule has 2 aliphatic carbocycles. The van der Waals surface area contributed by atoms with Crippen molar-refractivity contribution < 1.29 is 0 Å². The lowest BCUT2D eigenvalue weighted by atomic mass is 9.77. The topological polar surface area (TPSA) is 0 Å². The molecular weight excluding hydrogens is 625 g/mol. The van der Waals surface area contributed by atoms with Crippen molar-refractivity contribution in [2.24, 2.45) is 0 Å². The maximum Gasteiger partial charge on any atom is 0.0165 e. The van der Waals surface area contributed by atoms with Gasteiger partial charge in [0, 0.05) is 10.8 Å². The molecule has 0 atom stereocenters. The highest BCUT2D eigenvalue weighted by Gasteiger charge is 2.43. The van der Waals surface area contributed by atoms with E-state index in [2.05, 4.69) is 185 Å². The first-order valence-corrected chi connectivity index (χ1v) is 18.6. The number of fused-ring (bicyclic) bond motifs is 12. The summed E-state index contributed by atoms with van der Waals surface area (Å²) in [5, 5.41) is 10.5. The van der Waals surface area contributed by atoms with Crippen LogP contribution >= 0.6 is 0 Å². The Morgan fingerprint density at radius 2 is 0.615 bits per heavy atom. The SMILES string of the molecule is CC1(C)c2cc3c(cc2-c2cc(-c4cccc5ccccc45)c4ccccc4c21)C(C)(C)c1c-3cc(-c2cccc3ccccc23)c2ccccc12. The maximum atomic E-state index is 2.58. The summed E-state index contributed by atoms with van der Waals surface area (Å²) < 4.78 is 0. The minimum atomic E-state index is -0.168. The Morgan fingerprint density at radius 1 is 0.269 bits per heavy atom. The summed E-state index contributed by atoms with van der Waals surface area (Å²) in [6, 6.07) is 59.5. The molecule has 2 aliphatic rings. The molecule has 9 aromatic carbocycles. The van der Waals surface area contributed by atoms with Crippen LogP contribution in [0, 0.1) is 0 Å². The Morgan fingerprint density at radius 3 is 1.04 bits per heavy atom. The highest BCUT2D eigenvalue weighted by molar-refractivity contribution is 6.13. The second-order valence-electron chi connectivity index (χ2n) is 16.0. The molecule has 0 fully saturated rings. The van der Waals surface area contributed by atoms with Crippen molar-refractivity contribution in [3.63, 3.8) is 0 Å². The summed E-state index contributed by atoms with van der Waals surface area (Å²) in [5.41, 5.74) is 16.1. The molecule has 0 saturated heterocycles. The van der Waals surface area contributed by atoms with Gasteiger partial charge in [-0.3, -0.25) is 0 Å². The van der Waals surface area contributed by atoms with Crippen LogP contribution in [0.2, 0.25) is 0 Å². The van der Waals surface area contributed by atoms with E-state index >= 15 is 0 Å². The normalized spacial score (nSPS) is 14.8. The Labute approximate surface area is 305 Å². The monoisotopic (exact) mass is 662 g/mol. The van der Waals surface area contributed by atoms with Crippen molar-refractivity contribution in [1.82, 2.24) is 0 Å². The van der Waals surface area contributed by atoms with Gasteiger partial charge in [0.25, 0.3) is 0 Å². The molecule has 11 rings (SSSR count). The Hall–Kier alpha value is -5.98. The minimum absolute atomic E-state index is 0.168. The predicted octanol–water partition coefficient (Wildman–Crippen LogP) is 14.2. The van der Waals surface area contributed by atoms with Crippen molar-refractivity contribution >= 4 is 43.1 Å². The third-order valence-corrected chi connectivity index (χ3v) is 12.6. The Kier molecular flexibility index (Phi) is 5.89. The smallest absolute Gasteiger partial charge is 0.0165 e.